The highest BCUT2D eigenvalue weighted by atomic mass is 16.5. The number of hydrogen-bond acceptors (Lipinski definition) is 3. The minimum atomic E-state index is -1.14. The Kier molecular flexibility index (Phi) is 4.46. The van der Waals surface area contributed by atoms with Gasteiger partial charge in [-0.1, -0.05) is 30.3 Å². The van der Waals surface area contributed by atoms with E-state index in [4.69, 9.17) is 16.2 Å². The molecule has 0 aliphatic carbocycles. The van der Waals surface area contributed by atoms with Gasteiger partial charge < -0.3 is 16.2 Å². The van der Waals surface area contributed by atoms with E-state index in [0.29, 0.717) is 19.6 Å². The van der Waals surface area contributed by atoms with E-state index in [0.717, 1.165) is 5.56 Å². The molecule has 4 heteroatoms. The van der Waals surface area contributed by atoms with Gasteiger partial charge in [0.2, 0.25) is 5.91 Å². The number of rotatable bonds is 6. The zero-order chi connectivity index (χ0) is 12.0. The van der Waals surface area contributed by atoms with Gasteiger partial charge >= 0.3 is 0 Å². The molecule has 1 aromatic rings. The molecule has 0 saturated heterocycles. The van der Waals surface area contributed by atoms with Crippen molar-refractivity contribution in [1.82, 2.24) is 0 Å². The Balaban J connectivity index is 2.85. The number of hydrogen-bond donors (Lipinski definition) is 2. The molecule has 0 aliphatic heterocycles. The zero-order valence-electron chi connectivity index (χ0n) is 9.48. The lowest BCUT2D eigenvalue weighted by molar-refractivity contribution is -0.124. The van der Waals surface area contributed by atoms with Gasteiger partial charge in [-0.25, -0.2) is 0 Å². The quantitative estimate of drug-likeness (QED) is 0.697. The summed E-state index contributed by atoms with van der Waals surface area (Å²) in [6.45, 7) is 2.92. The van der Waals surface area contributed by atoms with E-state index in [-0.39, 0.29) is 0 Å². The second-order valence-corrected chi connectivity index (χ2v) is 3.65. The standard InChI is InChI=1S/C12H18N2O2/c1-2-16-9-8-12(14,11(13)15)10-6-4-3-5-7-10/h3-7H,2,8-9,14H2,1H3,(H2,13,15). The second-order valence-electron chi connectivity index (χ2n) is 3.65. The van der Waals surface area contributed by atoms with Crippen molar-refractivity contribution in [3.8, 4) is 0 Å². The van der Waals surface area contributed by atoms with Crippen molar-refractivity contribution in [3.05, 3.63) is 35.9 Å². The first kappa shape index (κ1) is 12.7. The predicted octanol–water partition coefficient (Wildman–Crippen LogP) is 0.753. The summed E-state index contributed by atoms with van der Waals surface area (Å²) >= 11 is 0. The van der Waals surface area contributed by atoms with Crippen LogP contribution < -0.4 is 11.5 Å². The number of carbonyl (C=O) groups is 1. The summed E-state index contributed by atoms with van der Waals surface area (Å²) in [4.78, 5) is 11.5. The third-order valence-electron chi connectivity index (χ3n) is 2.57. The van der Waals surface area contributed by atoms with Crippen molar-refractivity contribution in [3.63, 3.8) is 0 Å². The van der Waals surface area contributed by atoms with E-state index in [1.807, 2.05) is 25.1 Å². The second kappa shape index (κ2) is 5.63. The molecule has 4 nitrogen and oxygen atoms in total. The van der Waals surface area contributed by atoms with E-state index in [9.17, 15) is 4.79 Å². The number of nitrogens with two attached hydrogens (primary N) is 2. The fourth-order valence-electron chi connectivity index (χ4n) is 1.52. The van der Waals surface area contributed by atoms with Crippen LogP contribution in [0, 0.1) is 0 Å². The molecule has 0 radical (unpaired) electrons. The summed E-state index contributed by atoms with van der Waals surface area (Å²) in [6.07, 6.45) is 0.389. The first-order chi connectivity index (χ1) is 7.61. The highest BCUT2D eigenvalue weighted by molar-refractivity contribution is 5.85. The summed E-state index contributed by atoms with van der Waals surface area (Å²) in [5.74, 6) is -0.529. The van der Waals surface area contributed by atoms with Gasteiger partial charge in [-0.3, -0.25) is 4.79 Å². The normalized spacial score (nSPS) is 14.4. The molecule has 1 atom stereocenters. The molecule has 0 bridgehead atoms. The Morgan fingerprint density at radius 3 is 2.50 bits per heavy atom. The van der Waals surface area contributed by atoms with E-state index < -0.39 is 11.4 Å². The van der Waals surface area contributed by atoms with Crippen LogP contribution in [0.1, 0.15) is 18.9 Å². The average Bonchev–Trinajstić information content (AvgIpc) is 2.30. The van der Waals surface area contributed by atoms with Crippen molar-refractivity contribution in [2.75, 3.05) is 13.2 Å². The largest absolute Gasteiger partial charge is 0.382 e. The fourth-order valence-corrected chi connectivity index (χ4v) is 1.52. The third kappa shape index (κ3) is 2.81. The van der Waals surface area contributed by atoms with Crippen LogP contribution in [0.25, 0.3) is 0 Å². The van der Waals surface area contributed by atoms with Crippen LogP contribution in [-0.4, -0.2) is 19.1 Å². The van der Waals surface area contributed by atoms with Crippen molar-refractivity contribution in [2.24, 2.45) is 11.5 Å². The number of amides is 1. The Bertz CT molecular complexity index is 340. The van der Waals surface area contributed by atoms with E-state index >= 15 is 0 Å². The van der Waals surface area contributed by atoms with E-state index in [2.05, 4.69) is 0 Å². The molecular weight excluding hydrogens is 204 g/mol. The molecule has 0 aromatic heterocycles. The molecule has 16 heavy (non-hydrogen) atoms. The maximum atomic E-state index is 11.5. The molecule has 1 aromatic carbocycles. The van der Waals surface area contributed by atoms with Crippen LogP contribution in [0.15, 0.2) is 30.3 Å². The maximum absolute atomic E-state index is 11.5. The fraction of sp³-hybridized carbons (Fsp3) is 0.417. The predicted molar refractivity (Wildman–Crippen MR) is 62.6 cm³/mol. The Labute approximate surface area is 95.6 Å². The van der Waals surface area contributed by atoms with E-state index in [1.165, 1.54) is 0 Å². The number of primary amides is 1. The van der Waals surface area contributed by atoms with Crippen LogP contribution in [0.5, 0.6) is 0 Å². The van der Waals surface area contributed by atoms with Crippen LogP contribution >= 0.6 is 0 Å². The Morgan fingerprint density at radius 2 is 2.00 bits per heavy atom. The van der Waals surface area contributed by atoms with Crippen molar-refractivity contribution < 1.29 is 9.53 Å². The lowest BCUT2D eigenvalue weighted by Gasteiger charge is -2.26. The van der Waals surface area contributed by atoms with Gasteiger partial charge in [0.05, 0.1) is 0 Å². The highest BCUT2D eigenvalue weighted by Gasteiger charge is 2.33. The highest BCUT2D eigenvalue weighted by Crippen LogP contribution is 2.21. The monoisotopic (exact) mass is 222 g/mol. The topological polar surface area (TPSA) is 78.3 Å². The lowest BCUT2D eigenvalue weighted by atomic mass is 9.87. The lowest BCUT2D eigenvalue weighted by Crippen LogP contribution is -2.49. The van der Waals surface area contributed by atoms with Gasteiger partial charge in [-0.15, -0.1) is 0 Å². The van der Waals surface area contributed by atoms with Crippen LogP contribution in [0.3, 0.4) is 0 Å². The summed E-state index contributed by atoms with van der Waals surface area (Å²) in [7, 11) is 0. The van der Waals surface area contributed by atoms with Gasteiger partial charge in [0.15, 0.2) is 0 Å². The molecule has 0 fully saturated rings. The van der Waals surface area contributed by atoms with Gasteiger partial charge in [-0.05, 0) is 12.5 Å². The zero-order valence-corrected chi connectivity index (χ0v) is 9.48. The summed E-state index contributed by atoms with van der Waals surface area (Å²) in [5, 5.41) is 0. The van der Waals surface area contributed by atoms with Gasteiger partial charge in [0.1, 0.15) is 5.54 Å². The maximum Gasteiger partial charge on any atom is 0.242 e. The van der Waals surface area contributed by atoms with Crippen molar-refractivity contribution >= 4 is 5.91 Å². The summed E-state index contributed by atoms with van der Waals surface area (Å²) in [5.41, 5.74) is 11.0. The molecule has 0 spiro atoms. The van der Waals surface area contributed by atoms with Crippen molar-refractivity contribution in [1.29, 1.82) is 0 Å². The molecule has 0 saturated carbocycles. The summed E-state index contributed by atoms with van der Waals surface area (Å²) < 4.78 is 5.21. The number of benzene rings is 1. The molecule has 1 unspecified atom stereocenters. The SMILES string of the molecule is CCOCCC(N)(C(N)=O)c1ccccc1. The molecule has 1 amide bonds. The number of ether oxygens (including phenoxy) is 1. The van der Waals surface area contributed by atoms with Gasteiger partial charge in [0, 0.05) is 19.6 Å². The molecule has 4 N–H and O–H groups in total. The van der Waals surface area contributed by atoms with Gasteiger partial charge in [-0.2, -0.15) is 0 Å². The first-order valence-electron chi connectivity index (χ1n) is 5.33. The van der Waals surface area contributed by atoms with Crippen LogP contribution in [0.4, 0.5) is 0 Å². The molecule has 88 valence electrons. The smallest absolute Gasteiger partial charge is 0.242 e. The number of carbonyl (C=O) groups excluding carboxylic acids is 1. The van der Waals surface area contributed by atoms with Gasteiger partial charge in [0.25, 0.3) is 0 Å². The molecular formula is C12H18N2O2. The third-order valence-corrected chi connectivity index (χ3v) is 2.57. The molecule has 0 aliphatic rings. The minimum absolute atomic E-state index is 0.389. The van der Waals surface area contributed by atoms with Crippen LogP contribution in [0.2, 0.25) is 0 Å². The van der Waals surface area contributed by atoms with Crippen LogP contribution in [-0.2, 0) is 15.1 Å². The van der Waals surface area contributed by atoms with E-state index in [1.54, 1.807) is 12.1 Å². The minimum Gasteiger partial charge on any atom is -0.382 e. The average molecular weight is 222 g/mol. The Hall–Kier alpha value is -1.39. The summed E-state index contributed by atoms with van der Waals surface area (Å²) in [6, 6.07) is 9.14. The van der Waals surface area contributed by atoms with Crippen molar-refractivity contribution in [2.45, 2.75) is 18.9 Å². The first-order valence-corrected chi connectivity index (χ1v) is 5.33. The molecule has 1 rings (SSSR count). The Morgan fingerprint density at radius 1 is 1.38 bits per heavy atom. The molecule has 0 heterocycles.